The van der Waals surface area contributed by atoms with E-state index in [2.05, 4.69) is 10.3 Å². The van der Waals surface area contributed by atoms with Crippen LogP contribution in [-0.2, 0) is 6.54 Å². The molecule has 0 bridgehead atoms. The lowest BCUT2D eigenvalue weighted by molar-refractivity contribution is 0.0946. The van der Waals surface area contributed by atoms with Crippen LogP contribution in [0.1, 0.15) is 22.5 Å². The standard InChI is InChI=1S/C20H17ClN2O3S/c21-15-5-2-1-4-14(15)20-23-16(12-27-20)19(24)22-11-13-6-7-17-18(10-13)26-9-3-8-25-17/h1-2,4-7,10,12H,3,8-9,11H2,(H,22,24). The van der Waals surface area contributed by atoms with Crippen molar-refractivity contribution in [2.75, 3.05) is 13.2 Å². The molecule has 0 radical (unpaired) electrons. The van der Waals surface area contributed by atoms with Crippen LogP contribution in [0.4, 0.5) is 0 Å². The second-order valence-electron chi connectivity index (χ2n) is 6.03. The van der Waals surface area contributed by atoms with E-state index in [1.54, 1.807) is 5.38 Å². The van der Waals surface area contributed by atoms with Crippen molar-refractivity contribution in [1.29, 1.82) is 0 Å². The van der Waals surface area contributed by atoms with Crippen molar-refractivity contribution < 1.29 is 14.3 Å². The zero-order valence-electron chi connectivity index (χ0n) is 14.4. The van der Waals surface area contributed by atoms with E-state index in [4.69, 9.17) is 21.1 Å². The molecule has 7 heteroatoms. The third kappa shape index (κ3) is 4.07. The van der Waals surface area contributed by atoms with Gasteiger partial charge >= 0.3 is 0 Å². The summed E-state index contributed by atoms with van der Waals surface area (Å²) in [6.07, 6.45) is 0.859. The number of carbonyl (C=O) groups excluding carboxylic acids is 1. The van der Waals surface area contributed by atoms with Gasteiger partial charge in [0.2, 0.25) is 0 Å². The van der Waals surface area contributed by atoms with Crippen LogP contribution in [0.25, 0.3) is 10.6 Å². The molecule has 0 aliphatic carbocycles. The number of hydrogen-bond acceptors (Lipinski definition) is 5. The highest BCUT2D eigenvalue weighted by Crippen LogP contribution is 2.31. The Hall–Kier alpha value is -2.57. The van der Waals surface area contributed by atoms with Crippen LogP contribution in [0.15, 0.2) is 47.8 Å². The number of carbonyl (C=O) groups is 1. The third-order valence-corrected chi connectivity index (χ3v) is 5.31. The fraction of sp³-hybridized carbons (Fsp3) is 0.200. The molecule has 2 heterocycles. The first-order valence-corrected chi connectivity index (χ1v) is 9.83. The zero-order chi connectivity index (χ0) is 18.6. The highest BCUT2D eigenvalue weighted by atomic mass is 35.5. The Morgan fingerprint density at radius 3 is 2.81 bits per heavy atom. The maximum Gasteiger partial charge on any atom is 0.271 e. The molecule has 0 atom stereocenters. The number of fused-ring (bicyclic) bond motifs is 1. The summed E-state index contributed by atoms with van der Waals surface area (Å²) in [5.74, 6) is 1.23. The van der Waals surface area contributed by atoms with Crippen molar-refractivity contribution in [3.63, 3.8) is 0 Å². The van der Waals surface area contributed by atoms with E-state index in [-0.39, 0.29) is 5.91 Å². The summed E-state index contributed by atoms with van der Waals surface area (Å²) >= 11 is 7.60. The minimum absolute atomic E-state index is 0.225. The van der Waals surface area contributed by atoms with Gasteiger partial charge in [0.25, 0.3) is 5.91 Å². The van der Waals surface area contributed by atoms with Gasteiger partial charge in [-0.3, -0.25) is 4.79 Å². The average Bonchev–Trinajstić information content (AvgIpc) is 3.05. The summed E-state index contributed by atoms with van der Waals surface area (Å²) < 4.78 is 11.3. The van der Waals surface area contributed by atoms with Gasteiger partial charge in [-0.25, -0.2) is 4.98 Å². The van der Waals surface area contributed by atoms with Gasteiger partial charge in [-0.05, 0) is 23.8 Å². The number of benzene rings is 2. The Kier molecular flexibility index (Phi) is 5.27. The second-order valence-corrected chi connectivity index (χ2v) is 7.30. The van der Waals surface area contributed by atoms with E-state index < -0.39 is 0 Å². The van der Waals surface area contributed by atoms with E-state index in [1.807, 2.05) is 42.5 Å². The molecule has 3 aromatic rings. The minimum atomic E-state index is -0.225. The Bertz CT molecular complexity index is 973. The average molecular weight is 401 g/mol. The van der Waals surface area contributed by atoms with Crippen LogP contribution >= 0.6 is 22.9 Å². The summed E-state index contributed by atoms with van der Waals surface area (Å²) in [7, 11) is 0. The summed E-state index contributed by atoms with van der Waals surface area (Å²) in [6.45, 7) is 1.67. The molecule has 0 saturated carbocycles. The van der Waals surface area contributed by atoms with Gasteiger partial charge in [0, 0.05) is 23.9 Å². The van der Waals surface area contributed by atoms with Crippen LogP contribution in [0, 0.1) is 0 Å². The van der Waals surface area contributed by atoms with Gasteiger partial charge in [0.15, 0.2) is 11.5 Å². The van der Waals surface area contributed by atoms with Gasteiger partial charge in [0.1, 0.15) is 10.7 Å². The van der Waals surface area contributed by atoms with Gasteiger partial charge in [0.05, 0.1) is 18.2 Å². The minimum Gasteiger partial charge on any atom is -0.490 e. The van der Waals surface area contributed by atoms with E-state index in [1.165, 1.54) is 11.3 Å². The first-order chi connectivity index (χ1) is 13.2. The number of nitrogens with one attached hydrogen (secondary N) is 1. The first-order valence-electron chi connectivity index (χ1n) is 8.58. The van der Waals surface area contributed by atoms with Gasteiger partial charge < -0.3 is 14.8 Å². The van der Waals surface area contributed by atoms with E-state index in [9.17, 15) is 4.79 Å². The van der Waals surface area contributed by atoms with Crippen molar-refractivity contribution in [3.8, 4) is 22.1 Å². The van der Waals surface area contributed by atoms with Gasteiger partial charge in [-0.2, -0.15) is 0 Å². The number of hydrogen-bond donors (Lipinski definition) is 1. The predicted octanol–water partition coefficient (Wildman–Crippen LogP) is 4.55. The number of nitrogens with zero attached hydrogens (tertiary/aromatic N) is 1. The predicted molar refractivity (Wildman–Crippen MR) is 106 cm³/mol. The van der Waals surface area contributed by atoms with Crippen LogP contribution in [-0.4, -0.2) is 24.1 Å². The number of rotatable bonds is 4. The number of amides is 1. The van der Waals surface area contributed by atoms with Gasteiger partial charge in [-0.15, -0.1) is 11.3 Å². The quantitative estimate of drug-likeness (QED) is 0.697. The molecule has 1 aliphatic rings. The van der Waals surface area contributed by atoms with Crippen molar-refractivity contribution in [2.24, 2.45) is 0 Å². The number of thiazole rings is 1. The Morgan fingerprint density at radius 2 is 1.96 bits per heavy atom. The van der Waals surface area contributed by atoms with Gasteiger partial charge in [-0.1, -0.05) is 35.9 Å². The lowest BCUT2D eigenvalue weighted by Crippen LogP contribution is -2.23. The lowest BCUT2D eigenvalue weighted by atomic mass is 10.2. The van der Waals surface area contributed by atoms with Crippen molar-refractivity contribution >= 4 is 28.8 Å². The van der Waals surface area contributed by atoms with Crippen LogP contribution < -0.4 is 14.8 Å². The molecule has 1 amide bonds. The first kappa shape index (κ1) is 17.8. The second kappa shape index (κ2) is 7.98. The van der Waals surface area contributed by atoms with Crippen LogP contribution in [0.2, 0.25) is 5.02 Å². The molecular weight excluding hydrogens is 384 g/mol. The molecule has 0 saturated heterocycles. The molecule has 1 aliphatic heterocycles. The molecular formula is C20H17ClN2O3S. The smallest absolute Gasteiger partial charge is 0.271 e. The molecule has 0 fully saturated rings. The molecule has 2 aromatic carbocycles. The largest absolute Gasteiger partial charge is 0.490 e. The highest BCUT2D eigenvalue weighted by molar-refractivity contribution is 7.13. The molecule has 0 unspecified atom stereocenters. The Labute approximate surface area is 165 Å². The SMILES string of the molecule is O=C(NCc1ccc2c(c1)OCCCO2)c1csc(-c2ccccc2Cl)n1. The van der Waals surface area contributed by atoms with Crippen molar-refractivity contribution in [3.05, 3.63) is 64.1 Å². The number of ether oxygens (including phenoxy) is 2. The Balaban J connectivity index is 1.43. The molecule has 138 valence electrons. The zero-order valence-corrected chi connectivity index (χ0v) is 16.0. The van der Waals surface area contributed by atoms with E-state index >= 15 is 0 Å². The van der Waals surface area contributed by atoms with Crippen molar-refractivity contribution in [2.45, 2.75) is 13.0 Å². The highest BCUT2D eigenvalue weighted by Gasteiger charge is 2.14. The maximum absolute atomic E-state index is 12.4. The Morgan fingerprint density at radius 1 is 1.15 bits per heavy atom. The van der Waals surface area contributed by atoms with Crippen LogP contribution in [0.5, 0.6) is 11.5 Å². The number of aromatic nitrogens is 1. The fourth-order valence-corrected chi connectivity index (χ4v) is 3.85. The van der Waals surface area contributed by atoms with Crippen LogP contribution in [0.3, 0.4) is 0 Å². The monoisotopic (exact) mass is 400 g/mol. The molecule has 1 N–H and O–H groups in total. The number of halogens is 1. The lowest BCUT2D eigenvalue weighted by Gasteiger charge is -2.09. The normalized spacial score (nSPS) is 13.1. The summed E-state index contributed by atoms with van der Waals surface area (Å²) in [5.41, 5.74) is 2.14. The molecule has 4 rings (SSSR count). The van der Waals surface area contributed by atoms with E-state index in [0.29, 0.717) is 36.2 Å². The summed E-state index contributed by atoms with van der Waals surface area (Å²) in [4.78, 5) is 16.8. The fourth-order valence-electron chi connectivity index (χ4n) is 2.73. The third-order valence-electron chi connectivity index (χ3n) is 4.11. The molecule has 5 nitrogen and oxygen atoms in total. The summed E-state index contributed by atoms with van der Waals surface area (Å²) in [6, 6.07) is 13.2. The molecule has 1 aromatic heterocycles. The van der Waals surface area contributed by atoms with Crippen molar-refractivity contribution in [1.82, 2.24) is 10.3 Å². The molecule has 0 spiro atoms. The topological polar surface area (TPSA) is 60.5 Å². The van der Waals surface area contributed by atoms with E-state index in [0.717, 1.165) is 28.3 Å². The summed E-state index contributed by atoms with van der Waals surface area (Å²) in [5, 5.41) is 5.97. The maximum atomic E-state index is 12.4. The molecule has 27 heavy (non-hydrogen) atoms.